The Morgan fingerprint density at radius 3 is 2.36 bits per heavy atom. The van der Waals surface area contributed by atoms with E-state index in [2.05, 4.69) is 12.8 Å². The first kappa shape index (κ1) is 10.3. The molecule has 0 aromatic heterocycles. The maximum atomic E-state index is 11.6. The van der Waals surface area contributed by atoms with Crippen LogP contribution in [0, 0.1) is 5.41 Å². The summed E-state index contributed by atoms with van der Waals surface area (Å²) in [4.78, 5) is 11.6. The van der Waals surface area contributed by atoms with Gasteiger partial charge in [-0.2, -0.15) is 0 Å². The number of hydrazine groups is 1. The molecule has 14 heavy (non-hydrogen) atoms. The third-order valence-corrected chi connectivity index (χ3v) is 3.95. The lowest BCUT2D eigenvalue weighted by Crippen LogP contribution is -2.48. The number of hydrogen-bond donors (Lipinski definition) is 2. The summed E-state index contributed by atoms with van der Waals surface area (Å²) in [6.07, 6.45) is 3.84. The standard InChI is InChI=1S/C9H17N3OS/c10-11-4-1-9(2-5-11)3-6-12(14)8(13)7-9/h14H,1-7,10H2. The molecule has 0 aromatic carbocycles. The van der Waals surface area contributed by atoms with Crippen molar-refractivity contribution in [1.29, 1.82) is 0 Å². The van der Waals surface area contributed by atoms with Crippen LogP contribution >= 0.6 is 12.8 Å². The fourth-order valence-electron chi connectivity index (χ4n) is 2.39. The molecule has 0 aliphatic carbocycles. The molecule has 0 saturated carbocycles. The number of nitrogens with zero attached hydrogens (tertiary/aromatic N) is 2. The molecular formula is C9H17N3OS. The van der Waals surface area contributed by atoms with Crippen molar-refractivity contribution < 1.29 is 4.79 Å². The second-order valence-electron chi connectivity index (χ2n) is 4.48. The zero-order chi connectivity index (χ0) is 10.2. The van der Waals surface area contributed by atoms with Gasteiger partial charge in [-0.15, -0.1) is 0 Å². The van der Waals surface area contributed by atoms with Gasteiger partial charge in [-0.1, -0.05) is 12.8 Å². The average molecular weight is 215 g/mol. The molecular weight excluding hydrogens is 198 g/mol. The van der Waals surface area contributed by atoms with Crippen LogP contribution in [0.4, 0.5) is 0 Å². The lowest BCUT2D eigenvalue weighted by Gasteiger charge is -2.44. The van der Waals surface area contributed by atoms with Crippen molar-refractivity contribution >= 4 is 18.7 Å². The summed E-state index contributed by atoms with van der Waals surface area (Å²) in [5.41, 5.74) is 0.228. The van der Waals surface area contributed by atoms with Crippen molar-refractivity contribution in [3.8, 4) is 0 Å². The van der Waals surface area contributed by atoms with Gasteiger partial charge in [0, 0.05) is 26.1 Å². The van der Waals surface area contributed by atoms with Crippen LogP contribution < -0.4 is 5.84 Å². The highest BCUT2D eigenvalue weighted by Gasteiger charge is 2.40. The van der Waals surface area contributed by atoms with Gasteiger partial charge in [-0.05, 0) is 24.7 Å². The van der Waals surface area contributed by atoms with Gasteiger partial charge in [0.25, 0.3) is 0 Å². The first-order valence-corrected chi connectivity index (χ1v) is 5.50. The molecule has 0 radical (unpaired) electrons. The average Bonchev–Trinajstić information content (AvgIpc) is 2.18. The summed E-state index contributed by atoms with van der Waals surface area (Å²) < 4.78 is 1.54. The monoisotopic (exact) mass is 215 g/mol. The summed E-state index contributed by atoms with van der Waals surface area (Å²) >= 11 is 4.13. The summed E-state index contributed by atoms with van der Waals surface area (Å²) in [6, 6.07) is 0. The smallest absolute Gasteiger partial charge is 0.232 e. The third kappa shape index (κ3) is 1.89. The molecule has 80 valence electrons. The Bertz CT molecular complexity index is 233. The summed E-state index contributed by atoms with van der Waals surface area (Å²) in [5, 5.41) is 1.85. The van der Waals surface area contributed by atoms with Gasteiger partial charge >= 0.3 is 0 Å². The zero-order valence-electron chi connectivity index (χ0n) is 8.28. The van der Waals surface area contributed by atoms with Crippen molar-refractivity contribution in [2.45, 2.75) is 25.7 Å². The molecule has 2 saturated heterocycles. The number of amides is 1. The lowest BCUT2D eigenvalue weighted by atomic mass is 9.71. The van der Waals surface area contributed by atoms with Crippen LogP contribution in [0.1, 0.15) is 25.7 Å². The molecule has 0 unspecified atom stereocenters. The summed E-state index contributed by atoms with van der Waals surface area (Å²) in [6.45, 7) is 2.62. The van der Waals surface area contributed by atoms with E-state index in [0.29, 0.717) is 6.42 Å². The highest BCUT2D eigenvalue weighted by Crippen LogP contribution is 2.41. The molecule has 1 amide bonds. The molecule has 2 aliphatic rings. The number of hydrogen-bond acceptors (Lipinski definition) is 4. The van der Waals surface area contributed by atoms with Crippen LogP contribution in [0.25, 0.3) is 0 Å². The minimum absolute atomic E-state index is 0.171. The molecule has 2 rings (SSSR count). The Hall–Kier alpha value is -0.260. The maximum absolute atomic E-state index is 11.6. The molecule has 2 aliphatic heterocycles. The van der Waals surface area contributed by atoms with Gasteiger partial charge in [-0.25, -0.2) is 5.01 Å². The largest absolute Gasteiger partial charge is 0.289 e. The fourth-order valence-corrected chi connectivity index (χ4v) is 2.56. The second-order valence-corrected chi connectivity index (χ2v) is 4.96. The maximum Gasteiger partial charge on any atom is 0.232 e. The zero-order valence-corrected chi connectivity index (χ0v) is 9.17. The normalized spacial score (nSPS) is 28.4. The van der Waals surface area contributed by atoms with E-state index in [-0.39, 0.29) is 11.3 Å². The Labute approximate surface area is 89.9 Å². The van der Waals surface area contributed by atoms with E-state index in [1.54, 1.807) is 4.31 Å². The Morgan fingerprint density at radius 1 is 1.21 bits per heavy atom. The van der Waals surface area contributed by atoms with Gasteiger partial charge in [0.15, 0.2) is 0 Å². The molecule has 1 spiro atoms. The molecule has 2 N–H and O–H groups in total. The van der Waals surface area contributed by atoms with E-state index in [0.717, 1.165) is 38.9 Å². The lowest BCUT2D eigenvalue weighted by molar-refractivity contribution is -0.133. The summed E-state index contributed by atoms with van der Waals surface area (Å²) in [5.74, 6) is 5.88. The van der Waals surface area contributed by atoms with E-state index in [1.807, 2.05) is 5.01 Å². The topological polar surface area (TPSA) is 49.6 Å². The van der Waals surface area contributed by atoms with Crippen LogP contribution in [0.2, 0.25) is 0 Å². The minimum Gasteiger partial charge on any atom is -0.289 e. The van der Waals surface area contributed by atoms with Crippen LogP contribution in [0.5, 0.6) is 0 Å². The molecule has 5 heteroatoms. The third-order valence-electron chi connectivity index (χ3n) is 3.53. The Morgan fingerprint density at radius 2 is 1.79 bits per heavy atom. The quantitative estimate of drug-likeness (QED) is 0.454. The van der Waals surface area contributed by atoms with E-state index in [4.69, 9.17) is 5.84 Å². The van der Waals surface area contributed by atoms with Gasteiger partial charge in [0.05, 0.1) is 0 Å². The van der Waals surface area contributed by atoms with Gasteiger partial charge in [0.1, 0.15) is 0 Å². The SMILES string of the molecule is NN1CCC2(CC1)CCN(S)C(=O)C2. The molecule has 2 heterocycles. The van der Waals surface area contributed by atoms with Gasteiger partial charge < -0.3 is 0 Å². The number of thiol groups is 1. The molecule has 4 nitrogen and oxygen atoms in total. The van der Waals surface area contributed by atoms with Crippen molar-refractivity contribution in [2.24, 2.45) is 11.3 Å². The minimum atomic E-state index is 0.171. The van der Waals surface area contributed by atoms with Crippen molar-refractivity contribution in [1.82, 2.24) is 9.31 Å². The predicted octanol–water partition coefficient (Wildman–Crippen LogP) is 0.409. The second kappa shape index (κ2) is 3.72. The number of rotatable bonds is 0. The van der Waals surface area contributed by atoms with Crippen LogP contribution in [-0.4, -0.2) is 34.9 Å². The molecule has 0 atom stereocenters. The number of carbonyl (C=O) groups is 1. The van der Waals surface area contributed by atoms with E-state index in [1.165, 1.54) is 0 Å². The predicted molar refractivity (Wildman–Crippen MR) is 57.4 cm³/mol. The Balaban J connectivity index is 2.00. The van der Waals surface area contributed by atoms with Crippen molar-refractivity contribution in [3.05, 3.63) is 0 Å². The Kier molecular flexibility index (Phi) is 2.72. The van der Waals surface area contributed by atoms with E-state index in [9.17, 15) is 4.79 Å². The first-order chi connectivity index (χ1) is 6.61. The van der Waals surface area contributed by atoms with Gasteiger partial charge in [-0.3, -0.25) is 14.9 Å². The number of carbonyl (C=O) groups excluding carboxylic acids is 1. The number of piperidine rings is 2. The van der Waals surface area contributed by atoms with Crippen LogP contribution in [-0.2, 0) is 4.79 Å². The highest BCUT2D eigenvalue weighted by molar-refractivity contribution is 7.78. The first-order valence-electron chi connectivity index (χ1n) is 5.10. The fraction of sp³-hybridized carbons (Fsp3) is 0.889. The molecule has 2 fully saturated rings. The van der Waals surface area contributed by atoms with Crippen molar-refractivity contribution in [2.75, 3.05) is 19.6 Å². The van der Waals surface area contributed by atoms with Crippen LogP contribution in [0.3, 0.4) is 0 Å². The van der Waals surface area contributed by atoms with Crippen molar-refractivity contribution in [3.63, 3.8) is 0 Å². The number of nitrogens with two attached hydrogens (primary N) is 1. The highest BCUT2D eigenvalue weighted by atomic mass is 32.1. The van der Waals surface area contributed by atoms with E-state index >= 15 is 0 Å². The van der Waals surface area contributed by atoms with Gasteiger partial charge in [0.2, 0.25) is 5.91 Å². The molecule has 0 bridgehead atoms. The summed E-state index contributed by atoms with van der Waals surface area (Å²) in [7, 11) is 0. The van der Waals surface area contributed by atoms with Crippen LogP contribution in [0.15, 0.2) is 0 Å². The molecule has 0 aromatic rings. The van der Waals surface area contributed by atoms with E-state index < -0.39 is 0 Å².